The van der Waals surface area contributed by atoms with E-state index >= 15 is 0 Å². The predicted molar refractivity (Wildman–Crippen MR) is 116 cm³/mol. The van der Waals surface area contributed by atoms with Crippen LogP contribution in [0.15, 0.2) is 29.3 Å². The fourth-order valence-electron chi connectivity index (χ4n) is 3.10. The number of sulfonamides is 1. The Labute approximate surface area is 171 Å². The van der Waals surface area contributed by atoms with Crippen molar-refractivity contribution >= 4 is 33.0 Å². The molecule has 0 unspecified atom stereocenters. The number of nitrogens with zero attached hydrogens (tertiary/aromatic N) is 3. The van der Waals surface area contributed by atoms with Crippen LogP contribution in [0.25, 0.3) is 0 Å². The van der Waals surface area contributed by atoms with Crippen LogP contribution in [0.5, 0.6) is 0 Å². The molecule has 0 bridgehead atoms. The van der Waals surface area contributed by atoms with Crippen molar-refractivity contribution in [3.8, 4) is 0 Å². The Balaban J connectivity index is 1.59. The number of hydrogen-bond donors (Lipinski definition) is 2. The lowest BCUT2D eigenvalue weighted by atomic mass is 10.2. The molecule has 3 rings (SSSR count). The van der Waals surface area contributed by atoms with Gasteiger partial charge in [-0.05, 0) is 38.8 Å². The van der Waals surface area contributed by atoms with Crippen molar-refractivity contribution in [2.75, 3.05) is 29.7 Å². The maximum atomic E-state index is 12.8. The second-order valence-corrected chi connectivity index (χ2v) is 9.94. The van der Waals surface area contributed by atoms with Gasteiger partial charge < -0.3 is 10.6 Å². The SMILES string of the molecule is CCNC(=NCc1nc(C)c(C)s1)NCCS(=O)(=O)N1CCc2ccccc21. The summed E-state index contributed by atoms with van der Waals surface area (Å²) in [5, 5.41) is 7.23. The molecule has 1 aliphatic heterocycles. The molecule has 0 amide bonds. The zero-order chi connectivity index (χ0) is 20.1. The summed E-state index contributed by atoms with van der Waals surface area (Å²) in [6.07, 6.45) is 0.763. The topological polar surface area (TPSA) is 86.7 Å². The van der Waals surface area contributed by atoms with Gasteiger partial charge in [0.2, 0.25) is 10.0 Å². The molecule has 0 saturated carbocycles. The van der Waals surface area contributed by atoms with Gasteiger partial charge in [0.25, 0.3) is 0 Å². The number of aryl methyl sites for hydroxylation is 2. The molecule has 2 N–H and O–H groups in total. The highest BCUT2D eigenvalue weighted by molar-refractivity contribution is 7.92. The second-order valence-electron chi connectivity index (χ2n) is 6.64. The first-order valence-corrected chi connectivity index (χ1v) is 11.9. The van der Waals surface area contributed by atoms with Crippen molar-refractivity contribution in [2.24, 2.45) is 4.99 Å². The van der Waals surface area contributed by atoms with Gasteiger partial charge in [-0.1, -0.05) is 18.2 Å². The molecule has 1 aliphatic rings. The van der Waals surface area contributed by atoms with Gasteiger partial charge in [0, 0.05) is 24.5 Å². The number of anilines is 1. The van der Waals surface area contributed by atoms with Crippen molar-refractivity contribution in [1.82, 2.24) is 15.6 Å². The Bertz CT molecular complexity index is 933. The smallest absolute Gasteiger partial charge is 0.236 e. The highest BCUT2D eigenvalue weighted by Crippen LogP contribution is 2.29. The maximum Gasteiger partial charge on any atom is 0.236 e. The molecule has 1 aromatic carbocycles. The van der Waals surface area contributed by atoms with E-state index in [1.807, 2.05) is 45.0 Å². The number of fused-ring (bicyclic) bond motifs is 1. The van der Waals surface area contributed by atoms with E-state index in [4.69, 9.17) is 0 Å². The van der Waals surface area contributed by atoms with Crippen LogP contribution in [0.1, 0.15) is 28.1 Å². The van der Waals surface area contributed by atoms with Gasteiger partial charge in [-0.15, -0.1) is 11.3 Å². The monoisotopic (exact) mass is 421 g/mol. The van der Waals surface area contributed by atoms with E-state index < -0.39 is 10.0 Å². The molecule has 2 heterocycles. The van der Waals surface area contributed by atoms with E-state index in [9.17, 15) is 8.42 Å². The fraction of sp³-hybridized carbons (Fsp3) is 0.474. The van der Waals surface area contributed by atoms with Gasteiger partial charge in [-0.3, -0.25) is 4.31 Å². The molecular weight excluding hydrogens is 394 g/mol. The van der Waals surface area contributed by atoms with E-state index in [0.717, 1.165) is 28.4 Å². The molecular formula is C19H27N5O2S2. The molecule has 7 nitrogen and oxygen atoms in total. The lowest BCUT2D eigenvalue weighted by Crippen LogP contribution is -2.42. The first-order valence-electron chi connectivity index (χ1n) is 9.44. The Morgan fingerprint density at radius 3 is 2.79 bits per heavy atom. The molecule has 9 heteroatoms. The second kappa shape index (κ2) is 8.91. The van der Waals surface area contributed by atoms with Gasteiger partial charge >= 0.3 is 0 Å². The van der Waals surface area contributed by atoms with Crippen molar-refractivity contribution < 1.29 is 8.42 Å². The molecule has 152 valence electrons. The quantitative estimate of drug-likeness (QED) is 0.529. The largest absolute Gasteiger partial charge is 0.357 e. The highest BCUT2D eigenvalue weighted by Gasteiger charge is 2.28. The lowest BCUT2D eigenvalue weighted by Gasteiger charge is -2.20. The average molecular weight is 422 g/mol. The maximum absolute atomic E-state index is 12.8. The molecule has 2 aromatic rings. The third kappa shape index (κ3) is 4.82. The summed E-state index contributed by atoms with van der Waals surface area (Å²) < 4.78 is 27.1. The Morgan fingerprint density at radius 2 is 2.07 bits per heavy atom. The summed E-state index contributed by atoms with van der Waals surface area (Å²) >= 11 is 1.64. The van der Waals surface area contributed by atoms with Crippen LogP contribution < -0.4 is 14.9 Å². The first kappa shape index (κ1) is 20.6. The van der Waals surface area contributed by atoms with Crippen molar-refractivity contribution in [3.63, 3.8) is 0 Å². The molecule has 0 radical (unpaired) electrons. The number of para-hydroxylation sites is 1. The number of nitrogens with one attached hydrogen (secondary N) is 2. The molecule has 0 spiro atoms. The number of aliphatic imine (C=N–C) groups is 1. The molecule has 1 aromatic heterocycles. The highest BCUT2D eigenvalue weighted by atomic mass is 32.2. The van der Waals surface area contributed by atoms with Crippen LogP contribution in [0, 0.1) is 13.8 Å². The molecule has 0 atom stereocenters. The normalized spacial score (nSPS) is 14.2. The number of guanidine groups is 1. The van der Waals surface area contributed by atoms with Gasteiger partial charge in [-0.25, -0.2) is 18.4 Å². The van der Waals surface area contributed by atoms with E-state index in [2.05, 4.69) is 20.6 Å². The summed E-state index contributed by atoms with van der Waals surface area (Å²) in [5.74, 6) is 0.617. The zero-order valence-corrected chi connectivity index (χ0v) is 18.2. The average Bonchev–Trinajstić information content (AvgIpc) is 3.23. The third-order valence-corrected chi connectivity index (χ3v) is 7.45. The van der Waals surface area contributed by atoms with E-state index in [0.29, 0.717) is 32.1 Å². The summed E-state index contributed by atoms with van der Waals surface area (Å²) in [5.41, 5.74) is 2.92. The van der Waals surface area contributed by atoms with Crippen LogP contribution in [0.3, 0.4) is 0 Å². The standard InChI is InChI=1S/C19H27N5O2S2/c1-4-20-19(22-13-18-23-14(2)15(3)27-18)21-10-12-28(25,26)24-11-9-16-7-5-6-8-17(16)24/h5-8H,4,9-13H2,1-3H3,(H2,20,21,22). The minimum Gasteiger partial charge on any atom is -0.357 e. The van der Waals surface area contributed by atoms with Crippen molar-refractivity contribution in [1.29, 1.82) is 0 Å². The Morgan fingerprint density at radius 1 is 1.29 bits per heavy atom. The van der Waals surface area contributed by atoms with Gasteiger partial charge in [0.1, 0.15) is 5.01 Å². The van der Waals surface area contributed by atoms with E-state index in [1.54, 1.807) is 11.3 Å². The molecule has 0 fully saturated rings. The van der Waals surface area contributed by atoms with Crippen molar-refractivity contribution in [3.05, 3.63) is 45.4 Å². The number of hydrogen-bond acceptors (Lipinski definition) is 5. The fourth-order valence-corrected chi connectivity index (χ4v) is 5.39. The van der Waals surface area contributed by atoms with Crippen LogP contribution in [-0.2, 0) is 23.0 Å². The van der Waals surface area contributed by atoms with Crippen LogP contribution in [0.4, 0.5) is 5.69 Å². The minimum atomic E-state index is -3.38. The van der Waals surface area contributed by atoms with E-state index in [-0.39, 0.29) is 5.75 Å². The number of benzene rings is 1. The predicted octanol–water partition coefficient (Wildman–Crippen LogP) is 2.21. The summed E-state index contributed by atoms with van der Waals surface area (Å²) in [7, 11) is -3.38. The van der Waals surface area contributed by atoms with E-state index in [1.165, 1.54) is 9.18 Å². The minimum absolute atomic E-state index is 0.0151. The van der Waals surface area contributed by atoms with Crippen LogP contribution >= 0.6 is 11.3 Å². The van der Waals surface area contributed by atoms with Gasteiger partial charge in [0.15, 0.2) is 5.96 Å². The molecule has 28 heavy (non-hydrogen) atoms. The van der Waals surface area contributed by atoms with Gasteiger partial charge in [-0.2, -0.15) is 0 Å². The number of thiazole rings is 1. The summed E-state index contributed by atoms with van der Waals surface area (Å²) in [6, 6.07) is 7.68. The third-order valence-electron chi connectivity index (χ3n) is 4.62. The number of rotatable bonds is 7. The lowest BCUT2D eigenvalue weighted by molar-refractivity contribution is 0.591. The Kier molecular flexibility index (Phi) is 6.56. The molecule has 0 aliphatic carbocycles. The summed E-state index contributed by atoms with van der Waals surface area (Å²) in [6.45, 7) is 8.00. The van der Waals surface area contributed by atoms with Crippen molar-refractivity contribution in [2.45, 2.75) is 33.7 Å². The van der Waals surface area contributed by atoms with Crippen LogP contribution in [-0.4, -0.2) is 44.7 Å². The summed E-state index contributed by atoms with van der Waals surface area (Å²) in [4.78, 5) is 10.2. The van der Waals surface area contributed by atoms with Gasteiger partial charge in [0.05, 0.1) is 23.7 Å². The molecule has 0 saturated heterocycles. The zero-order valence-electron chi connectivity index (χ0n) is 16.5. The first-order chi connectivity index (χ1) is 13.4. The Hall–Kier alpha value is -2.13. The van der Waals surface area contributed by atoms with Crippen LogP contribution in [0.2, 0.25) is 0 Å². The number of aromatic nitrogens is 1.